The van der Waals surface area contributed by atoms with Crippen molar-refractivity contribution in [2.75, 3.05) is 25.0 Å². The van der Waals surface area contributed by atoms with E-state index in [2.05, 4.69) is 60.5 Å². The van der Waals surface area contributed by atoms with Crippen LogP contribution in [-0.2, 0) is 11.2 Å². The lowest BCUT2D eigenvalue weighted by atomic mass is 9.90. The zero-order valence-electron chi connectivity index (χ0n) is 15.3. The summed E-state index contributed by atoms with van der Waals surface area (Å²) in [6.07, 6.45) is 3.50. The average molecular weight is 336 g/mol. The van der Waals surface area contributed by atoms with Crippen LogP contribution in [0.2, 0.25) is 0 Å². The summed E-state index contributed by atoms with van der Waals surface area (Å²) >= 11 is 0. The number of nitrogens with one attached hydrogen (secondary N) is 1. The molecule has 0 atom stereocenters. The Labute approximate surface area is 151 Å². The highest BCUT2D eigenvalue weighted by Gasteiger charge is 2.21. The molecule has 1 N–H and O–H groups in total. The van der Waals surface area contributed by atoms with E-state index in [0.29, 0.717) is 6.54 Å². The fourth-order valence-corrected chi connectivity index (χ4v) is 3.52. The van der Waals surface area contributed by atoms with Crippen LogP contribution in [0.1, 0.15) is 29.5 Å². The standard InChI is InChI=1S/C22H28N2O/c1-17-8-9-21(14-18(17)2)23-22(25)16-24-12-10-20(11-13-24)15-19-6-4-3-5-7-19/h3-9,14,20H,10-13,15-16H2,1-2H3,(H,23,25). The fourth-order valence-electron chi connectivity index (χ4n) is 3.52. The van der Waals surface area contributed by atoms with Gasteiger partial charge >= 0.3 is 0 Å². The second-order valence-corrected chi connectivity index (χ2v) is 7.26. The topological polar surface area (TPSA) is 32.3 Å². The van der Waals surface area contributed by atoms with Gasteiger partial charge in [-0.15, -0.1) is 0 Å². The summed E-state index contributed by atoms with van der Waals surface area (Å²) in [6.45, 7) is 6.67. The molecule has 0 spiro atoms. The molecular weight excluding hydrogens is 308 g/mol. The van der Waals surface area contributed by atoms with Gasteiger partial charge in [-0.05, 0) is 80.9 Å². The summed E-state index contributed by atoms with van der Waals surface area (Å²) in [6, 6.07) is 16.8. The maximum Gasteiger partial charge on any atom is 0.238 e. The van der Waals surface area contributed by atoms with Crippen molar-refractivity contribution in [1.29, 1.82) is 0 Å². The Morgan fingerprint density at radius 3 is 2.44 bits per heavy atom. The minimum Gasteiger partial charge on any atom is -0.325 e. The summed E-state index contributed by atoms with van der Waals surface area (Å²) in [7, 11) is 0. The Morgan fingerprint density at radius 1 is 1.04 bits per heavy atom. The van der Waals surface area contributed by atoms with E-state index in [4.69, 9.17) is 0 Å². The van der Waals surface area contributed by atoms with E-state index in [0.717, 1.165) is 31.1 Å². The van der Waals surface area contributed by atoms with E-state index >= 15 is 0 Å². The van der Waals surface area contributed by atoms with Crippen LogP contribution in [0.5, 0.6) is 0 Å². The van der Waals surface area contributed by atoms with Crippen molar-refractivity contribution in [3.63, 3.8) is 0 Å². The Balaban J connectivity index is 1.43. The van der Waals surface area contributed by atoms with Crippen LogP contribution in [0.15, 0.2) is 48.5 Å². The third kappa shape index (κ3) is 5.17. The van der Waals surface area contributed by atoms with Gasteiger partial charge < -0.3 is 5.32 Å². The van der Waals surface area contributed by atoms with Crippen molar-refractivity contribution in [3.05, 3.63) is 65.2 Å². The molecular formula is C22H28N2O. The first-order valence-corrected chi connectivity index (χ1v) is 9.23. The highest BCUT2D eigenvalue weighted by molar-refractivity contribution is 5.92. The molecule has 1 amide bonds. The molecule has 0 bridgehead atoms. The molecule has 2 aromatic carbocycles. The first-order chi connectivity index (χ1) is 12.1. The van der Waals surface area contributed by atoms with E-state index in [1.165, 1.54) is 29.5 Å². The monoisotopic (exact) mass is 336 g/mol. The number of nitrogens with zero attached hydrogens (tertiary/aromatic N) is 1. The average Bonchev–Trinajstić information content (AvgIpc) is 2.61. The van der Waals surface area contributed by atoms with Gasteiger partial charge in [0.1, 0.15) is 0 Å². The molecule has 2 aromatic rings. The SMILES string of the molecule is Cc1ccc(NC(=O)CN2CCC(Cc3ccccc3)CC2)cc1C. The first-order valence-electron chi connectivity index (χ1n) is 9.23. The number of rotatable bonds is 5. The molecule has 0 unspecified atom stereocenters. The summed E-state index contributed by atoms with van der Waals surface area (Å²) in [4.78, 5) is 14.6. The van der Waals surface area contributed by atoms with E-state index in [1.54, 1.807) is 0 Å². The van der Waals surface area contributed by atoms with Gasteiger partial charge in [0, 0.05) is 5.69 Å². The largest absolute Gasteiger partial charge is 0.325 e. The molecule has 3 heteroatoms. The van der Waals surface area contributed by atoms with E-state index in [1.807, 2.05) is 12.1 Å². The molecule has 0 aromatic heterocycles. The van der Waals surface area contributed by atoms with E-state index in [9.17, 15) is 4.79 Å². The number of piperidine rings is 1. The highest BCUT2D eigenvalue weighted by atomic mass is 16.2. The summed E-state index contributed by atoms with van der Waals surface area (Å²) in [5.74, 6) is 0.825. The maximum atomic E-state index is 12.3. The third-order valence-electron chi connectivity index (χ3n) is 5.23. The number of amides is 1. The number of anilines is 1. The predicted molar refractivity (Wildman–Crippen MR) is 104 cm³/mol. The zero-order valence-corrected chi connectivity index (χ0v) is 15.3. The van der Waals surface area contributed by atoms with Gasteiger partial charge in [0.2, 0.25) is 5.91 Å². The Morgan fingerprint density at radius 2 is 1.76 bits per heavy atom. The summed E-state index contributed by atoms with van der Waals surface area (Å²) < 4.78 is 0. The molecule has 25 heavy (non-hydrogen) atoms. The Kier molecular flexibility index (Phi) is 5.87. The van der Waals surface area contributed by atoms with Gasteiger partial charge in [-0.1, -0.05) is 36.4 Å². The minimum atomic E-state index is 0.0877. The molecule has 0 radical (unpaired) electrons. The van der Waals surface area contributed by atoms with Crippen molar-refractivity contribution >= 4 is 11.6 Å². The number of hydrogen-bond donors (Lipinski definition) is 1. The summed E-state index contributed by atoms with van der Waals surface area (Å²) in [5.41, 5.74) is 4.78. The molecule has 0 aliphatic carbocycles. The van der Waals surface area contributed by atoms with Crippen molar-refractivity contribution < 1.29 is 4.79 Å². The van der Waals surface area contributed by atoms with Crippen molar-refractivity contribution in [1.82, 2.24) is 4.90 Å². The lowest BCUT2D eigenvalue weighted by Crippen LogP contribution is -2.39. The molecule has 0 saturated carbocycles. The van der Waals surface area contributed by atoms with Gasteiger partial charge in [0.25, 0.3) is 0 Å². The molecule has 1 heterocycles. The lowest BCUT2D eigenvalue weighted by molar-refractivity contribution is -0.117. The van der Waals surface area contributed by atoms with Gasteiger partial charge in [-0.2, -0.15) is 0 Å². The number of likely N-dealkylation sites (tertiary alicyclic amines) is 1. The predicted octanol–water partition coefficient (Wildman–Crippen LogP) is 4.20. The number of benzene rings is 2. The number of carbonyl (C=O) groups is 1. The third-order valence-corrected chi connectivity index (χ3v) is 5.23. The van der Waals surface area contributed by atoms with Crippen LogP contribution in [0.4, 0.5) is 5.69 Å². The van der Waals surface area contributed by atoms with Gasteiger partial charge in [-0.3, -0.25) is 9.69 Å². The molecule has 3 rings (SSSR count). The van der Waals surface area contributed by atoms with Crippen LogP contribution >= 0.6 is 0 Å². The van der Waals surface area contributed by atoms with Crippen LogP contribution in [0.3, 0.4) is 0 Å². The molecule has 1 saturated heterocycles. The molecule has 132 valence electrons. The van der Waals surface area contributed by atoms with Gasteiger partial charge in [-0.25, -0.2) is 0 Å². The number of hydrogen-bond acceptors (Lipinski definition) is 2. The van der Waals surface area contributed by atoms with Gasteiger partial charge in [0.05, 0.1) is 6.54 Å². The molecule has 3 nitrogen and oxygen atoms in total. The molecule has 1 aliphatic heterocycles. The van der Waals surface area contributed by atoms with E-state index < -0.39 is 0 Å². The first kappa shape index (κ1) is 17.7. The second kappa shape index (κ2) is 8.30. The molecule has 1 fully saturated rings. The Bertz CT molecular complexity index is 703. The smallest absolute Gasteiger partial charge is 0.238 e. The van der Waals surface area contributed by atoms with Crippen LogP contribution in [0.25, 0.3) is 0 Å². The Hall–Kier alpha value is -2.13. The van der Waals surface area contributed by atoms with Crippen molar-refractivity contribution in [2.45, 2.75) is 33.1 Å². The van der Waals surface area contributed by atoms with Crippen molar-refractivity contribution in [3.8, 4) is 0 Å². The van der Waals surface area contributed by atoms with Gasteiger partial charge in [0.15, 0.2) is 0 Å². The van der Waals surface area contributed by atoms with Crippen LogP contribution < -0.4 is 5.32 Å². The summed E-state index contributed by atoms with van der Waals surface area (Å²) in [5, 5.41) is 3.03. The quantitative estimate of drug-likeness (QED) is 0.887. The van der Waals surface area contributed by atoms with Crippen LogP contribution in [0, 0.1) is 19.8 Å². The van der Waals surface area contributed by atoms with E-state index in [-0.39, 0.29) is 5.91 Å². The maximum absolute atomic E-state index is 12.3. The highest BCUT2D eigenvalue weighted by Crippen LogP contribution is 2.21. The minimum absolute atomic E-state index is 0.0877. The lowest BCUT2D eigenvalue weighted by Gasteiger charge is -2.31. The van der Waals surface area contributed by atoms with Crippen LogP contribution in [-0.4, -0.2) is 30.4 Å². The second-order valence-electron chi connectivity index (χ2n) is 7.26. The number of carbonyl (C=O) groups excluding carboxylic acids is 1. The zero-order chi connectivity index (χ0) is 17.6. The normalized spacial score (nSPS) is 15.9. The molecule has 1 aliphatic rings. The number of aryl methyl sites for hydroxylation is 2. The fraction of sp³-hybridized carbons (Fsp3) is 0.409. The van der Waals surface area contributed by atoms with Crippen molar-refractivity contribution in [2.24, 2.45) is 5.92 Å².